The van der Waals surface area contributed by atoms with Gasteiger partial charge in [-0.05, 0) is 64.1 Å². The van der Waals surface area contributed by atoms with Crippen LogP contribution in [0.2, 0.25) is 0 Å². The van der Waals surface area contributed by atoms with E-state index < -0.39 is 40.4 Å². The summed E-state index contributed by atoms with van der Waals surface area (Å²) in [5, 5.41) is 39.0. The number of carboxylic acids is 4. The predicted molar refractivity (Wildman–Crippen MR) is 135 cm³/mol. The number of fused-ring (bicyclic) bond motifs is 2. The molecule has 1 aliphatic rings. The zero-order valence-electron chi connectivity index (χ0n) is 19.7. The van der Waals surface area contributed by atoms with Gasteiger partial charge < -0.3 is 20.4 Å². The van der Waals surface area contributed by atoms with Crippen molar-refractivity contribution in [3.05, 3.63) is 141 Å². The molecule has 4 aromatic carbocycles. The average Bonchev–Trinajstić information content (AvgIpc) is 2.90. The van der Waals surface area contributed by atoms with E-state index in [-0.39, 0.29) is 11.1 Å². The van der Waals surface area contributed by atoms with E-state index in [1.165, 1.54) is 36.4 Å². The summed E-state index contributed by atoms with van der Waals surface area (Å²) in [5.41, 5.74) is 1.23. The van der Waals surface area contributed by atoms with E-state index in [0.717, 1.165) is 22.3 Å². The van der Waals surface area contributed by atoms with Crippen molar-refractivity contribution in [1.29, 1.82) is 0 Å². The first-order chi connectivity index (χ1) is 18.2. The second-order valence-corrected chi connectivity index (χ2v) is 8.98. The van der Waals surface area contributed by atoms with E-state index in [1.807, 2.05) is 48.5 Å². The number of hydrogen-bond acceptors (Lipinski definition) is 4. The normalized spacial score (nSPS) is 13.2. The van der Waals surface area contributed by atoms with Crippen LogP contribution in [-0.4, -0.2) is 44.3 Å². The summed E-state index contributed by atoms with van der Waals surface area (Å²) in [5.74, 6) is -5.65. The van der Waals surface area contributed by atoms with Crippen LogP contribution in [0.1, 0.15) is 74.8 Å². The van der Waals surface area contributed by atoms with Gasteiger partial charge in [-0.1, -0.05) is 60.7 Å². The summed E-state index contributed by atoms with van der Waals surface area (Å²) >= 11 is 0. The molecule has 188 valence electrons. The Morgan fingerprint density at radius 3 is 1.24 bits per heavy atom. The lowest BCUT2D eigenvalue weighted by Crippen LogP contribution is -2.36. The summed E-state index contributed by atoms with van der Waals surface area (Å²) in [6.07, 6.45) is 0.562. The molecule has 0 aliphatic heterocycles. The fraction of sp³-hybridized carbons (Fsp3) is 0.0667. The fourth-order valence-corrected chi connectivity index (χ4v) is 5.50. The molecular weight excluding hydrogens is 488 g/mol. The maximum Gasteiger partial charge on any atom is 0.336 e. The molecule has 0 saturated carbocycles. The Hall–Kier alpha value is -5.24. The van der Waals surface area contributed by atoms with Crippen molar-refractivity contribution >= 4 is 23.9 Å². The van der Waals surface area contributed by atoms with E-state index >= 15 is 0 Å². The molecule has 1 aliphatic carbocycles. The van der Waals surface area contributed by atoms with Gasteiger partial charge in [0.05, 0.1) is 27.7 Å². The third-order valence-corrected chi connectivity index (χ3v) is 7.05. The van der Waals surface area contributed by atoms with Gasteiger partial charge in [0.1, 0.15) is 0 Å². The summed E-state index contributed by atoms with van der Waals surface area (Å²) in [4.78, 5) is 47.9. The van der Waals surface area contributed by atoms with Crippen molar-refractivity contribution in [3.63, 3.8) is 0 Å². The summed E-state index contributed by atoms with van der Waals surface area (Å²) in [6.45, 7) is 0. The maximum atomic E-state index is 12.1. The monoisotopic (exact) mass is 508 g/mol. The summed E-state index contributed by atoms with van der Waals surface area (Å²) < 4.78 is 0. The Morgan fingerprint density at radius 2 is 0.868 bits per heavy atom. The topological polar surface area (TPSA) is 149 Å². The van der Waals surface area contributed by atoms with Crippen LogP contribution in [0, 0.1) is 0 Å². The van der Waals surface area contributed by atoms with Gasteiger partial charge >= 0.3 is 23.9 Å². The molecule has 38 heavy (non-hydrogen) atoms. The van der Waals surface area contributed by atoms with Crippen molar-refractivity contribution in [3.8, 4) is 0 Å². The van der Waals surface area contributed by atoms with Crippen LogP contribution in [0.25, 0.3) is 0 Å². The van der Waals surface area contributed by atoms with Crippen LogP contribution in [0.5, 0.6) is 0 Å². The van der Waals surface area contributed by atoms with Crippen LogP contribution >= 0.6 is 0 Å². The maximum absolute atomic E-state index is 12.1. The second-order valence-electron chi connectivity index (χ2n) is 8.98. The van der Waals surface area contributed by atoms with Crippen LogP contribution in [-0.2, 0) is 11.8 Å². The Morgan fingerprint density at radius 1 is 0.500 bits per heavy atom. The first kappa shape index (κ1) is 24.5. The van der Waals surface area contributed by atoms with Crippen LogP contribution in [0.15, 0.2) is 84.9 Å². The smallest absolute Gasteiger partial charge is 0.336 e. The molecule has 4 aromatic rings. The first-order valence-electron chi connectivity index (χ1n) is 11.5. The predicted octanol–water partition coefficient (Wildman–Crippen LogP) is 4.77. The lowest BCUT2D eigenvalue weighted by Gasteiger charge is -2.42. The minimum absolute atomic E-state index is 0.388. The van der Waals surface area contributed by atoms with Gasteiger partial charge in [0.25, 0.3) is 0 Å². The zero-order chi connectivity index (χ0) is 27.2. The highest BCUT2D eigenvalue weighted by atomic mass is 16.4. The molecule has 0 heterocycles. The van der Waals surface area contributed by atoms with Crippen LogP contribution in [0.4, 0.5) is 0 Å². The Kier molecular flexibility index (Phi) is 5.80. The molecule has 0 atom stereocenters. The molecule has 0 fully saturated rings. The van der Waals surface area contributed by atoms with E-state index in [9.17, 15) is 39.6 Å². The number of aromatic carboxylic acids is 4. The number of hydrogen-bond donors (Lipinski definition) is 4. The molecule has 0 saturated heterocycles. The van der Waals surface area contributed by atoms with E-state index in [4.69, 9.17) is 0 Å². The lowest BCUT2D eigenvalue weighted by atomic mass is 9.59. The zero-order valence-corrected chi connectivity index (χ0v) is 19.7. The average molecular weight is 508 g/mol. The highest BCUT2D eigenvalue weighted by Gasteiger charge is 2.44. The van der Waals surface area contributed by atoms with Gasteiger partial charge in [0, 0.05) is 0 Å². The summed E-state index contributed by atoms with van der Waals surface area (Å²) in [7, 11) is 0. The minimum Gasteiger partial charge on any atom is -0.478 e. The van der Waals surface area contributed by atoms with Crippen molar-refractivity contribution in [2.75, 3.05) is 0 Å². The fourth-order valence-electron chi connectivity index (χ4n) is 5.50. The highest BCUT2D eigenvalue weighted by Crippen LogP contribution is 2.51. The molecular formula is C30H20O8. The summed E-state index contributed by atoms with van der Waals surface area (Å²) in [6, 6.07) is 23.1. The third kappa shape index (κ3) is 3.62. The number of carbonyl (C=O) groups is 4. The van der Waals surface area contributed by atoms with Crippen LogP contribution in [0.3, 0.4) is 0 Å². The number of rotatable bonds is 6. The molecule has 0 radical (unpaired) electrons. The molecule has 4 N–H and O–H groups in total. The quantitative estimate of drug-likeness (QED) is 0.256. The highest BCUT2D eigenvalue weighted by molar-refractivity contribution is 6.03. The Balaban J connectivity index is 1.98. The second kappa shape index (κ2) is 9.01. The molecule has 0 bridgehead atoms. The van der Waals surface area contributed by atoms with Gasteiger partial charge in [-0.15, -0.1) is 0 Å². The molecule has 8 nitrogen and oxygen atoms in total. The van der Waals surface area contributed by atoms with Gasteiger partial charge in [-0.3, -0.25) is 0 Å². The minimum atomic E-state index is -1.43. The molecule has 5 rings (SSSR count). The van der Waals surface area contributed by atoms with Gasteiger partial charge in [-0.25, -0.2) is 19.2 Å². The van der Waals surface area contributed by atoms with E-state index in [1.54, 1.807) is 0 Å². The SMILES string of the molecule is O=C(O)c1ccc(C2(c3ccc(C(=O)O)c(C(=O)O)c3)c3ccccc3Cc3ccccc32)cc1C(=O)O. The largest absolute Gasteiger partial charge is 0.478 e. The van der Waals surface area contributed by atoms with Crippen LogP contribution < -0.4 is 0 Å². The first-order valence-corrected chi connectivity index (χ1v) is 11.5. The molecule has 0 spiro atoms. The van der Waals surface area contributed by atoms with E-state index in [2.05, 4.69) is 0 Å². The lowest BCUT2D eigenvalue weighted by molar-refractivity contribution is 0.0651. The van der Waals surface area contributed by atoms with Gasteiger partial charge in [0.15, 0.2) is 0 Å². The Bertz CT molecular complexity index is 1540. The van der Waals surface area contributed by atoms with Gasteiger partial charge in [-0.2, -0.15) is 0 Å². The standard InChI is InChI=1S/C30H20O8/c31-26(32)20-11-9-18(14-22(20)28(35)36)30(19-10-12-21(27(33)34)23(15-19)29(37)38)24-7-3-1-5-16(24)13-17-6-2-4-8-25(17)30/h1-12,14-15H,13H2,(H,31,32)(H,33,34)(H,35,36)(H,37,38). The van der Waals surface area contributed by atoms with Crippen molar-refractivity contribution in [2.24, 2.45) is 0 Å². The molecule has 8 heteroatoms. The molecule has 0 aromatic heterocycles. The molecule has 0 amide bonds. The molecule has 0 unspecified atom stereocenters. The number of benzene rings is 4. The third-order valence-electron chi connectivity index (χ3n) is 7.05. The van der Waals surface area contributed by atoms with Crippen molar-refractivity contribution < 1.29 is 39.6 Å². The Labute approximate surface area is 216 Å². The van der Waals surface area contributed by atoms with E-state index in [0.29, 0.717) is 17.5 Å². The van der Waals surface area contributed by atoms with Crippen molar-refractivity contribution in [2.45, 2.75) is 11.8 Å². The van der Waals surface area contributed by atoms with Crippen molar-refractivity contribution in [1.82, 2.24) is 0 Å². The number of carboxylic acid groups (broad SMARTS) is 4. The van der Waals surface area contributed by atoms with Gasteiger partial charge in [0.2, 0.25) is 0 Å².